The van der Waals surface area contributed by atoms with Crippen LogP contribution >= 0.6 is 11.6 Å². The second-order valence-corrected chi connectivity index (χ2v) is 9.40. The Labute approximate surface area is 217 Å². The lowest BCUT2D eigenvalue weighted by molar-refractivity contribution is -0.123. The van der Waals surface area contributed by atoms with Crippen molar-refractivity contribution in [2.75, 3.05) is 13.2 Å². The fourth-order valence-electron chi connectivity index (χ4n) is 4.11. The minimum atomic E-state index is -0.266. The van der Waals surface area contributed by atoms with Crippen LogP contribution in [0.5, 0.6) is 11.5 Å². The summed E-state index contributed by atoms with van der Waals surface area (Å²) in [5.74, 6) is 2.19. The minimum absolute atomic E-state index is 0.0447. The summed E-state index contributed by atoms with van der Waals surface area (Å²) < 4.78 is 13.8. The topological polar surface area (TPSA) is 65.4 Å². The van der Waals surface area contributed by atoms with Gasteiger partial charge in [0.05, 0.1) is 23.7 Å². The molecule has 1 heterocycles. The lowest BCUT2D eigenvalue weighted by Crippen LogP contribution is -2.32. The van der Waals surface area contributed by atoms with Crippen molar-refractivity contribution in [2.45, 2.75) is 46.2 Å². The number of carbonyl (C=O) groups is 1. The van der Waals surface area contributed by atoms with Gasteiger partial charge in [-0.05, 0) is 87.2 Å². The average molecular weight is 506 g/mol. The van der Waals surface area contributed by atoms with Gasteiger partial charge in [-0.15, -0.1) is 0 Å². The lowest BCUT2D eigenvalue weighted by Gasteiger charge is -2.17. The normalized spacial score (nSPS) is 11.9. The van der Waals surface area contributed by atoms with E-state index in [4.69, 9.17) is 26.1 Å². The van der Waals surface area contributed by atoms with E-state index in [9.17, 15) is 4.79 Å². The first-order valence-electron chi connectivity index (χ1n) is 12.2. The zero-order valence-electron chi connectivity index (χ0n) is 21.0. The molecule has 6 nitrogen and oxygen atoms in total. The molecule has 4 aromatic rings. The number of nitrogens with one attached hydrogen (secondary N) is 1. The number of hydrogen-bond acceptors (Lipinski definition) is 4. The molecule has 1 aromatic heterocycles. The van der Waals surface area contributed by atoms with Crippen LogP contribution in [0.3, 0.4) is 0 Å². The summed E-state index contributed by atoms with van der Waals surface area (Å²) in [5, 5.41) is 3.74. The van der Waals surface area contributed by atoms with Crippen LogP contribution in [-0.4, -0.2) is 28.7 Å². The molecule has 1 atom stereocenters. The third-order valence-corrected chi connectivity index (χ3v) is 6.26. The van der Waals surface area contributed by atoms with E-state index in [1.54, 1.807) is 0 Å². The van der Waals surface area contributed by atoms with Gasteiger partial charge in [0.2, 0.25) is 0 Å². The van der Waals surface area contributed by atoms with E-state index >= 15 is 0 Å². The van der Waals surface area contributed by atoms with E-state index < -0.39 is 0 Å². The summed E-state index contributed by atoms with van der Waals surface area (Å²) in [6.45, 7) is 7.28. The van der Waals surface area contributed by atoms with Crippen molar-refractivity contribution in [1.82, 2.24) is 14.9 Å². The molecule has 3 aromatic carbocycles. The highest BCUT2D eigenvalue weighted by molar-refractivity contribution is 6.30. The zero-order chi connectivity index (χ0) is 25.5. The lowest BCUT2D eigenvalue weighted by atomic mass is 10.1. The van der Waals surface area contributed by atoms with Crippen LogP contribution in [0.1, 0.15) is 42.8 Å². The molecule has 0 aliphatic rings. The van der Waals surface area contributed by atoms with Gasteiger partial charge in [0.1, 0.15) is 17.3 Å². The van der Waals surface area contributed by atoms with Gasteiger partial charge in [-0.25, -0.2) is 4.98 Å². The maximum Gasteiger partial charge on any atom is 0.258 e. The Morgan fingerprint density at radius 1 is 1.03 bits per heavy atom. The maximum absolute atomic E-state index is 12.7. The van der Waals surface area contributed by atoms with Crippen LogP contribution in [-0.2, 0) is 11.3 Å². The third kappa shape index (κ3) is 6.58. The van der Waals surface area contributed by atoms with E-state index in [0.29, 0.717) is 11.6 Å². The number of rotatable bonds is 11. The number of carbonyl (C=O) groups excluding carboxylic acids is 1. The average Bonchev–Trinajstić information content (AvgIpc) is 3.24. The number of ether oxygens (including phenoxy) is 2. The molecule has 0 saturated carbocycles. The quantitative estimate of drug-likeness (QED) is 0.239. The number of aryl methyl sites for hydroxylation is 3. The molecule has 0 aliphatic carbocycles. The maximum atomic E-state index is 12.7. The van der Waals surface area contributed by atoms with E-state index in [1.807, 2.05) is 81.4 Å². The third-order valence-electron chi connectivity index (χ3n) is 6.01. The summed E-state index contributed by atoms with van der Waals surface area (Å²) in [6, 6.07) is 21.1. The van der Waals surface area contributed by atoms with Gasteiger partial charge in [0.25, 0.3) is 5.91 Å². The van der Waals surface area contributed by atoms with Crippen LogP contribution in [0.25, 0.3) is 11.0 Å². The predicted octanol–water partition coefficient (Wildman–Crippen LogP) is 6.42. The Morgan fingerprint density at radius 2 is 1.81 bits per heavy atom. The van der Waals surface area contributed by atoms with E-state index in [2.05, 4.69) is 16.0 Å². The van der Waals surface area contributed by atoms with Gasteiger partial charge in [0, 0.05) is 11.6 Å². The molecular weight excluding hydrogens is 474 g/mol. The molecule has 0 radical (unpaired) electrons. The number of halogens is 1. The van der Waals surface area contributed by atoms with Gasteiger partial charge in [0.15, 0.2) is 6.61 Å². The number of benzene rings is 3. The summed E-state index contributed by atoms with van der Waals surface area (Å²) in [6.07, 6.45) is 1.80. The van der Waals surface area contributed by atoms with Gasteiger partial charge in [-0.1, -0.05) is 35.9 Å². The standard InChI is InChI=1S/C29H32ClN3O3/c1-20-10-11-21(2)27(18-20)36-19-28(34)31-22(3)29-32-25-8-4-5-9-26(25)33(29)16-6-7-17-35-24-14-12-23(30)13-15-24/h4-5,8-15,18,22H,6-7,16-17,19H2,1-3H3,(H,31,34). The molecule has 0 saturated heterocycles. The number of nitrogens with zero attached hydrogens (tertiary/aromatic N) is 2. The van der Waals surface area contributed by atoms with Crippen molar-refractivity contribution < 1.29 is 14.3 Å². The molecule has 1 N–H and O–H groups in total. The van der Waals surface area contributed by atoms with E-state index in [0.717, 1.165) is 58.9 Å². The molecule has 1 unspecified atom stereocenters. The van der Waals surface area contributed by atoms with Crippen molar-refractivity contribution in [3.8, 4) is 11.5 Å². The Morgan fingerprint density at radius 3 is 2.61 bits per heavy atom. The monoisotopic (exact) mass is 505 g/mol. The van der Waals surface area contributed by atoms with Gasteiger partial charge < -0.3 is 19.4 Å². The fourth-order valence-corrected chi connectivity index (χ4v) is 4.23. The van der Waals surface area contributed by atoms with Gasteiger partial charge in [-0.3, -0.25) is 4.79 Å². The zero-order valence-corrected chi connectivity index (χ0v) is 21.7. The SMILES string of the molecule is Cc1ccc(C)c(OCC(=O)NC(C)c2nc3ccccc3n2CCCCOc2ccc(Cl)cc2)c1. The number of hydrogen-bond donors (Lipinski definition) is 1. The van der Waals surface area contributed by atoms with Crippen molar-refractivity contribution in [3.05, 3.63) is 88.7 Å². The highest BCUT2D eigenvalue weighted by atomic mass is 35.5. The predicted molar refractivity (Wildman–Crippen MR) is 144 cm³/mol. The van der Waals surface area contributed by atoms with Crippen molar-refractivity contribution >= 4 is 28.5 Å². The molecule has 0 bridgehead atoms. The van der Waals surface area contributed by atoms with Crippen LogP contribution in [0, 0.1) is 13.8 Å². The number of para-hydroxylation sites is 2. The van der Waals surface area contributed by atoms with Crippen LogP contribution in [0.2, 0.25) is 5.02 Å². The number of imidazole rings is 1. The Hall–Kier alpha value is -3.51. The largest absolute Gasteiger partial charge is 0.494 e. The first kappa shape index (κ1) is 25.6. The highest BCUT2D eigenvalue weighted by Crippen LogP contribution is 2.23. The minimum Gasteiger partial charge on any atom is -0.494 e. The Balaban J connectivity index is 1.36. The van der Waals surface area contributed by atoms with Crippen molar-refractivity contribution in [2.24, 2.45) is 0 Å². The molecular formula is C29H32ClN3O3. The molecule has 4 rings (SSSR count). The first-order chi connectivity index (χ1) is 17.4. The molecule has 188 valence electrons. The Bertz CT molecular complexity index is 1320. The summed E-state index contributed by atoms with van der Waals surface area (Å²) >= 11 is 5.93. The van der Waals surface area contributed by atoms with Crippen molar-refractivity contribution in [3.63, 3.8) is 0 Å². The Kier molecular flexibility index (Phi) is 8.49. The molecule has 0 aliphatic heterocycles. The van der Waals surface area contributed by atoms with E-state index in [1.165, 1.54) is 0 Å². The number of aromatic nitrogens is 2. The van der Waals surface area contributed by atoms with Gasteiger partial charge >= 0.3 is 0 Å². The second-order valence-electron chi connectivity index (χ2n) is 8.97. The molecule has 0 spiro atoms. The summed E-state index contributed by atoms with van der Waals surface area (Å²) in [7, 11) is 0. The van der Waals surface area contributed by atoms with Crippen LogP contribution in [0.4, 0.5) is 0 Å². The highest BCUT2D eigenvalue weighted by Gasteiger charge is 2.18. The number of amides is 1. The fraction of sp³-hybridized carbons (Fsp3) is 0.310. The van der Waals surface area contributed by atoms with E-state index in [-0.39, 0.29) is 18.6 Å². The van der Waals surface area contributed by atoms with Crippen LogP contribution < -0.4 is 14.8 Å². The van der Waals surface area contributed by atoms with Crippen molar-refractivity contribution in [1.29, 1.82) is 0 Å². The smallest absolute Gasteiger partial charge is 0.258 e. The van der Waals surface area contributed by atoms with Gasteiger partial charge in [-0.2, -0.15) is 0 Å². The number of unbranched alkanes of at least 4 members (excludes halogenated alkanes) is 1. The summed E-state index contributed by atoms with van der Waals surface area (Å²) in [4.78, 5) is 17.5. The first-order valence-corrected chi connectivity index (χ1v) is 12.6. The molecule has 7 heteroatoms. The molecule has 36 heavy (non-hydrogen) atoms. The number of fused-ring (bicyclic) bond motifs is 1. The van der Waals surface area contributed by atoms with Crippen LogP contribution in [0.15, 0.2) is 66.7 Å². The molecule has 0 fully saturated rings. The summed E-state index contributed by atoms with van der Waals surface area (Å²) in [5.41, 5.74) is 4.07. The molecule has 1 amide bonds. The second kappa shape index (κ2) is 12.0.